The molecule has 0 bridgehead atoms. The molecule has 2 unspecified atom stereocenters. The van der Waals surface area contributed by atoms with Crippen LogP contribution in [0.5, 0.6) is 0 Å². The number of guanidine groups is 1. The van der Waals surface area contributed by atoms with Gasteiger partial charge in [0.05, 0.1) is 31.8 Å². The van der Waals surface area contributed by atoms with Crippen LogP contribution in [0.2, 0.25) is 5.02 Å². The fourth-order valence-corrected chi connectivity index (χ4v) is 3.29. The van der Waals surface area contributed by atoms with Gasteiger partial charge >= 0.3 is 0 Å². The molecule has 1 aromatic rings. The van der Waals surface area contributed by atoms with Crippen LogP contribution in [0.3, 0.4) is 0 Å². The standard InChI is InChI=1S/C19H26ClFN4O/c1-4-9-23-19(22-5-2)24-12-17(25-10-11-26-14(3)13-25)18-15(20)7-6-8-16(18)21/h1,6-8,14,17H,5,9-13H2,2-3H3,(H2,22,23,24). The van der Waals surface area contributed by atoms with E-state index in [9.17, 15) is 4.39 Å². The minimum Gasteiger partial charge on any atom is -0.376 e. The lowest BCUT2D eigenvalue weighted by Gasteiger charge is -2.37. The molecule has 5 nitrogen and oxygen atoms in total. The lowest BCUT2D eigenvalue weighted by molar-refractivity contribution is -0.0336. The lowest BCUT2D eigenvalue weighted by Crippen LogP contribution is -2.45. The second-order valence-corrected chi connectivity index (χ2v) is 6.51. The maximum Gasteiger partial charge on any atom is 0.192 e. The fraction of sp³-hybridized carbons (Fsp3) is 0.526. The molecule has 1 fully saturated rings. The molecule has 1 aliphatic rings. The molecule has 2 N–H and O–H groups in total. The summed E-state index contributed by atoms with van der Waals surface area (Å²) >= 11 is 6.34. The van der Waals surface area contributed by atoms with E-state index in [-0.39, 0.29) is 18.0 Å². The zero-order valence-corrected chi connectivity index (χ0v) is 16.0. The van der Waals surface area contributed by atoms with E-state index in [1.807, 2.05) is 13.8 Å². The van der Waals surface area contributed by atoms with Crippen molar-refractivity contribution in [1.82, 2.24) is 15.5 Å². The van der Waals surface area contributed by atoms with Crippen LogP contribution in [0.4, 0.5) is 4.39 Å². The van der Waals surface area contributed by atoms with Gasteiger partial charge in [0.2, 0.25) is 0 Å². The molecule has 1 aliphatic heterocycles. The molecule has 0 saturated carbocycles. The smallest absolute Gasteiger partial charge is 0.192 e. The normalized spacial score (nSPS) is 19.7. The second kappa shape index (κ2) is 10.4. The number of ether oxygens (including phenoxy) is 1. The number of hydrogen-bond acceptors (Lipinski definition) is 3. The molecular formula is C19H26ClFN4O. The Labute approximate surface area is 160 Å². The topological polar surface area (TPSA) is 48.9 Å². The fourth-order valence-electron chi connectivity index (χ4n) is 3.00. The van der Waals surface area contributed by atoms with Gasteiger partial charge in [0.1, 0.15) is 5.82 Å². The van der Waals surface area contributed by atoms with E-state index in [1.165, 1.54) is 6.07 Å². The van der Waals surface area contributed by atoms with Crippen LogP contribution in [-0.2, 0) is 4.74 Å². The van der Waals surface area contributed by atoms with Gasteiger partial charge in [-0.3, -0.25) is 9.89 Å². The third-order valence-electron chi connectivity index (χ3n) is 4.17. The van der Waals surface area contributed by atoms with Crippen molar-refractivity contribution >= 4 is 17.6 Å². The average Bonchev–Trinajstić information content (AvgIpc) is 2.61. The van der Waals surface area contributed by atoms with E-state index < -0.39 is 0 Å². The Morgan fingerprint density at radius 2 is 2.35 bits per heavy atom. The molecule has 2 rings (SSSR count). The van der Waals surface area contributed by atoms with E-state index in [0.717, 1.165) is 0 Å². The molecule has 0 radical (unpaired) electrons. The highest BCUT2D eigenvalue weighted by Crippen LogP contribution is 2.31. The van der Waals surface area contributed by atoms with Crippen molar-refractivity contribution < 1.29 is 9.13 Å². The molecule has 1 heterocycles. The highest BCUT2D eigenvalue weighted by atomic mass is 35.5. The Morgan fingerprint density at radius 1 is 1.54 bits per heavy atom. The SMILES string of the molecule is C#CCNC(=NCC(c1c(F)cccc1Cl)N1CCOC(C)C1)NCC. The van der Waals surface area contributed by atoms with E-state index in [4.69, 9.17) is 22.8 Å². The van der Waals surface area contributed by atoms with Crippen LogP contribution in [0.1, 0.15) is 25.5 Å². The van der Waals surface area contributed by atoms with Crippen molar-refractivity contribution in [3.05, 3.63) is 34.6 Å². The summed E-state index contributed by atoms with van der Waals surface area (Å²) in [7, 11) is 0. The molecule has 0 aliphatic carbocycles. The first-order valence-corrected chi connectivity index (χ1v) is 9.19. The van der Waals surface area contributed by atoms with Gasteiger partial charge in [-0.2, -0.15) is 0 Å². The van der Waals surface area contributed by atoms with Crippen LogP contribution in [-0.4, -0.2) is 56.3 Å². The van der Waals surface area contributed by atoms with Gasteiger partial charge in [-0.05, 0) is 26.0 Å². The quantitative estimate of drug-likeness (QED) is 0.452. The summed E-state index contributed by atoms with van der Waals surface area (Å²) in [4.78, 5) is 6.77. The highest BCUT2D eigenvalue weighted by molar-refractivity contribution is 6.31. The molecule has 2 atom stereocenters. The predicted molar refractivity (Wildman–Crippen MR) is 104 cm³/mol. The van der Waals surface area contributed by atoms with Crippen molar-refractivity contribution in [2.24, 2.45) is 4.99 Å². The molecule has 142 valence electrons. The van der Waals surface area contributed by atoms with Gasteiger partial charge in [-0.15, -0.1) is 6.42 Å². The van der Waals surface area contributed by atoms with Crippen LogP contribution in [0.15, 0.2) is 23.2 Å². The van der Waals surface area contributed by atoms with Crippen LogP contribution in [0.25, 0.3) is 0 Å². The summed E-state index contributed by atoms with van der Waals surface area (Å²) in [6.45, 7) is 7.40. The largest absolute Gasteiger partial charge is 0.376 e. The number of benzene rings is 1. The maximum absolute atomic E-state index is 14.6. The van der Waals surface area contributed by atoms with Gasteiger partial charge in [-0.1, -0.05) is 23.6 Å². The Hall–Kier alpha value is -1.81. The predicted octanol–water partition coefficient (Wildman–Crippen LogP) is 2.43. The summed E-state index contributed by atoms with van der Waals surface area (Å²) in [6, 6.07) is 4.48. The first kappa shape index (κ1) is 20.5. The highest BCUT2D eigenvalue weighted by Gasteiger charge is 2.29. The number of nitrogens with zero attached hydrogens (tertiary/aromatic N) is 2. The molecule has 1 saturated heterocycles. The average molecular weight is 381 g/mol. The van der Waals surface area contributed by atoms with E-state index >= 15 is 0 Å². The van der Waals surface area contributed by atoms with Crippen molar-refractivity contribution in [1.29, 1.82) is 0 Å². The number of morpholine rings is 1. The summed E-state index contributed by atoms with van der Waals surface area (Å²) in [5.74, 6) is 2.80. The molecule has 0 aromatic heterocycles. The summed E-state index contributed by atoms with van der Waals surface area (Å²) in [6.07, 6.45) is 5.38. The molecule has 0 amide bonds. The van der Waals surface area contributed by atoms with Crippen LogP contribution >= 0.6 is 11.6 Å². The molecule has 26 heavy (non-hydrogen) atoms. The van der Waals surface area contributed by atoms with Crippen molar-refractivity contribution in [3.8, 4) is 12.3 Å². The number of rotatable bonds is 6. The maximum atomic E-state index is 14.6. The number of nitrogens with one attached hydrogen (secondary N) is 2. The third-order valence-corrected chi connectivity index (χ3v) is 4.50. The summed E-state index contributed by atoms with van der Waals surface area (Å²) in [5, 5.41) is 6.60. The van der Waals surface area contributed by atoms with Gasteiger partial charge in [0.15, 0.2) is 5.96 Å². The van der Waals surface area contributed by atoms with E-state index in [1.54, 1.807) is 12.1 Å². The van der Waals surface area contributed by atoms with Crippen LogP contribution in [0, 0.1) is 18.2 Å². The number of halogens is 2. The van der Waals surface area contributed by atoms with E-state index in [2.05, 4.69) is 26.4 Å². The molecule has 7 heteroatoms. The van der Waals surface area contributed by atoms with Gasteiger partial charge in [0, 0.05) is 30.2 Å². The number of hydrogen-bond donors (Lipinski definition) is 2. The van der Waals surface area contributed by atoms with Crippen molar-refractivity contribution in [2.45, 2.75) is 26.0 Å². The zero-order chi connectivity index (χ0) is 18.9. The van der Waals surface area contributed by atoms with Crippen molar-refractivity contribution in [3.63, 3.8) is 0 Å². The minimum atomic E-state index is -0.321. The van der Waals surface area contributed by atoms with E-state index in [0.29, 0.717) is 55.9 Å². The molecular weight excluding hydrogens is 355 g/mol. The molecule has 0 spiro atoms. The number of aliphatic imine (C=N–C) groups is 1. The Kier molecular flexibility index (Phi) is 8.17. The Balaban J connectivity index is 2.29. The minimum absolute atomic E-state index is 0.0774. The van der Waals surface area contributed by atoms with Crippen LogP contribution < -0.4 is 10.6 Å². The van der Waals surface area contributed by atoms with Gasteiger partial charge in [0.25, 0.3) is 0 Å². The number of terminal acetylenes is 1. The Bertz CT molecular complexity index is 641. The second-order valence-electron chi connectivity index (χ2n) is 6.10. The van der Waals surface area contributed by atoms with Gasteiger partial charge in [-0.25, -0.2) is 4.39 Å². The Morgan fingerprint density at radius 3 is 3.00 bits per heavy atom. The first-order chi connectivity index (χ1) is 12.6. The monoisotopic (exact) mass is 380 g/mol. The summed E-state index contributed by atoms with van der Waals surface area (Å²) < 4.78 is 20.2. The van der Waals surface area contributed by atoms with Crippen molar-refractivity contribution in [2.75, 3.05) is 39.3 Å². The van der Waals surface area contributed by atoms with Gasteiger partial charge < -0.3 is 15.4 Å². The zero-order valence-electron chi connectivity index (χ0n) is 15.3. The first-order valence-electron chi connectivity index (χ1n) is 8.82. The lowest BCUT2D eigenvalue weighted by atomic mass is 10.0. The summed E-state index contributed by atoms with van der Waals surface area (Å²) in [5.41, 5.74) is 0.472. The molecule has 1 aromatic carbocycles. The third kappa shape index (κ3) is 5.60.